The lowest BCUT2D eigenvalue weighted by Gasteiger charge is -2.16. The van der Waals surface area contributed by atoms with Crippen molar-refractivity contribution in [3.63, 3.8) is 0 Å². The molecule has 0 aliphatic carbocycles. The number of nitrogens with two attached hydrogens (primary N) is 1. The molecular weight excluding hydrogens is 394 g/mol. The van der Waals surface area contributed by atoms with Crippen molar-refractivity contribution in [3.8, 4) is 11.4 Å². The number of anilines is 1. The normalized spacial score (nSPS) is 11.8. The summed E-state index contributed by atoms with van der Waals surface area (Å²) in [7, 11) is 0. The first-order valence-corrected chi connectivity index (χ1v) is 10.3. The third-order valence-electron chi connectivity index (χ3n) is 4.58. The van der Waals surface area contributed by atoms with Gasteiger partial charge < -0.3 is 11.2 Å². The number of nitrogens with zero attached hydrogens (tertiary/aromatic N) is 3. The molecule has 0 spiro atoms. The van der Waals surface area contributed by atoms with Crippen LogP contribution in [0.5, 0.6) is 0 Å². The fraction of sp³-hybridized carbons (Fsp3) is 0.0870. The summed E-state index contributed by atoms with van der Waals surface area (Å²) in [5, 5.41) is 11.4. The minimum absolute atomic E-state index is 0.155. The third-order valence-corrected chi connectivity index (χ3v) is 5.79. The van der Waals surface area contributed by atoms with E-state index in [-0.39, 0.29) is 5.91 Å². The number of aromatic nitrogens is 3. The van der Waals surface area contributed by atoms with Crippen molar-refractivity contribution in [2.24, 2.45) is 0 Å². The van der Waals surface area contributed by atoms with Crippen molar-refractivity contribution in [2.75, 3.05) is 11.2 Å². The molecule has 0 saturated heterocycles. The Kier molecular flexibility index (Phi) is 5.81. The molecule has 0 aliphatic heterocycles. The molecule has 150 valence electrons. The fourth-order valence-electron chi connectivity index (χ4n) is 2.99. The lowest BCUT2D eigenvalue weighted by Crippen LogP contribution is -2.20. The Morgan fingerprint density at radius 3 is 2.23 bits per heavy atom. The van der Waals surface area contributed by atoms with Crippen LogP contribution in [-0.2, 0) is 4.79 Å². The van der Waals surface area contributed by atoms with Crippen LogP contribution in [0.15, 0.2) is 90.1 Å². The van der Waals surface area contributed by atoms with E-state index in [1.54, 1.807) is 0 Å². The maximum Gasteiger partial charge on any atom is 0.242 e. The van der Waals surface area contributed by atoms with Crippen molar-refractivity contribution in [2.45, 2.75) is 17.3 Å². The second-order valence-electron chi connectivity index (χ2n) is 6.81. The van der Waals surface area contributed by atoms with Crippen LogP contribution < -0.4 is 11.2 Å². The Bertz CT molecular complexity index is 1130. The van der Waals surface area contributed by atoms with Crippen molar-refractivity contribution >= 4 is 23.4 Å². The number of hydrogen-bond acceptors (Lipinski definition) is 5. The minimum Gasteiger partial charge on any atom is -0.335 e. The fourth-order valence-corrected chi connectivity index (χ4v) is 3.95. The molecule has 6 nitrogen and oxygen atoms in total. The van der Waals surface area contributed by atoms with Crippen LogP contribution in [-0.4, -0.2) is 20.8 Å². The monoisotopic (exact) mass is 415 g/mol. The van der Waals surface area contributed by atoms with Gasteiger partial charge in [0.15, 0.2) is 5.82 Å². The van der Waals surface area contributed by atoms with E-state index in [0.29, 0.717) is 11.0 Å². The number of benzene rings is 3. The second kappa shape index (κ2) is 8.84. The van der Waals surface area contributed by atoms with E-state index in [9.17, 15) is 4.79 Å². The van der Waals surface area contributed by atoms with Crippen LogP contribution in [0.25, 0.3) is 11.4 Å². The zero-order valence-electron chi connectivity index (χ0n) is 16.4. The number of hydrogen-bond donors (Lipinski definition) is 2. The molecule has 1 heterocycles. The topological polar surface area (TPSA) is 85.8 Å². The summed E-state index contributed by atoms with van der Waals surface area (Å²) in [5.74, 6) is 6.69. The molecule has 0 aliphatic rings. The summed E-state index contributed by atoms with van der Waals surface area (Å²) >= 11 is 1.27. The summed E-state index contributed by atoms with van der Waals surface area (Å²) in [6.45, 7) is 2.02. The summed E-state index contributed by atoms with van der Waals surface area (Å²) < 4.78 is 1.43. The van der Waals surface area contributed by atoms with Crippen molar-refractivity contribution in [1.82, 2.24) is 14.9 Å². The van der Waals surface area contributed by atoms with Gasteiger partial charge in [-0.25, -0.2) is 4.68 Å². The zero-order chi connectivity index (χ0) is 20.9. The maximum absolute atomic E-state index is 13.1. The quantitative estimate of drug-likeness (QED) is 0.359. The Labute approximate surface area is 179 Å². The van der Waals surface area contributed by atoms with Gasteiger partial charge in [0.05, 0.1) is 0 Å². The lowest BCUT2D eigenvalue weighted by molar-refractivity contribution is -0.115. The van der Waals surface area contributed by atoms with E-state index in [4.69, 9.17) is 5.84 Å². The lowest BCUT2D eigenvalue weighted by atomic mass is 10.1. The number of carbonyl (C=O) groups excluding carboxylic acids is 1. The number of nitrogen functional groups attached to an aromatic ring is 1. The predicted molar refractivity (Wildman–Crippen MR) is 120 cm³/mol. The van der Waals surface area contributed by atoms with Crippen LogP contribution in [0, 0.1) is 6.92 Å². The van der Waals surface area contributed by atoms with E-state index in [0.717, 1.165) is 22.4 Å². The molecular formula is C23H21N5OS. The maximum atomic E-state index is 13.1. The number of para-hydroxylation sites is 1. The standard InChI is InChI=1S/C23H21N5OS/c1-16-12-14-18(15-13-16)21-26-27-23(28(21)24)30-20(17-8-4-2-5-9-17)22(29)25-19-10-6-3-7-11-19/h2-15,20H,24H2,1H3,(H,25,29). The van der Waals surface area contributed by atoms with Crippen LogP contribution in [0.4, 0.5) is 5.69 Å². The highest BCUT2D eigenvalue weighted by molar-refractivity contribution is 8.00. The average Bonchev–Trinajstić information content (AvgIpc) is 3.14. The molecule has 0 fully saturated rings. The number of rotatable bonds is 6. The molecule has 7 heteroatoms. The van der Waals surface area contributed by atoms with Gasteiger partial charge in [-0.2, -0.15) is 0 Å². The Morgan fingerprint density at radius 2 is 1.57 bits per heavy atom. The molecule has 3 aromatic carbocycles. The highest BCUT2D eigenvalue weighted by Gasteiger charge is 2.25. The van der Waals surface area contributed by atoms with Gasteiger partial charge >= 0.3 is 0 Å². The zero-order valence-corrected chi connectivity index (χ0v) is 17.2. The largest absolute Gasteiger partial charge is 0.335 e. The summed E-state index contributed by atoms with van der Waals surface area (Å²) in [6.07, 6.45) is 0. The summed E-state index contributed by atoms with van der Waals surface area (Å²) in [6, 6.07) is 26.8. The van der Waals surface area contributed by atoms with Crippen molar-refractivity contribution in [1.29, 1.82) is 0 Å². The Morgan fingerprint density at radius 1 is 0.933 bits per heavy atom. The van der Waals surface area contributed by atoms with Crippen LogP contribution in [0.3, 0.4) is 0 Å². The number of thioether (sulfide) groups is 1. The summed E-state index contributed by atoms with van der Waals surface area (Å²) in [4.78, 5) is 13.1. The van der Waals surface area contributed by atoms with Gasteiger partial charge in [-0.1, -0.05) is 90.1 Å². The first-order chi connectivity index (χ1) is 14.6. The van der Waals surface area contributed by atoms with Crippen LogP contribution in [0.2, 0.25) is 0 Å². The SMILES string of the molecule is Cc1ccc(-c2nnc(SC(C(=O)Nc3ccccc3)c3ccccc3)n2N)cc1. The highest BCUT2D eigenvalue weighted by Crippen LogP contribution is 2.36. The van der Waals surface area contributed by atoms with Crippen LogP contribution in [0.1, 0.15) is 16.4 Å². The minimum atomic E-state index is -0.538. The first-order valence-electron chi connectivity index (χ1n) is 9.47. The smallest absolute Gasteiger partial charge is 0.242 e. The van der Waals surface area contributed by atoms with Crippen molar-refractivity contribution < 1.29 is 4.79 Å². The molecule has 4 aromatic rings. The average molecular weight is 416 g/mol. The van der Waals surface area contributed by atoms with Gasteiger partial charge in [0.1, 0.15) is 5.25 Å². The second-order valence-corrected chi connectivity index (χ2v) is 7.88. The number of aryl methyl sites for hydroxylation is 1. The predicted octanol–water partition coefficient (Wildman–Crippen LogP) is 4.44. The molecule has 30 heavy (non-hydrogen) atoms. The molecule has 1 aromatic heterocycles. The van der Waals surface area contributed by atoms with Gasteiger partial charge in [-0.15, -0.1) is 10.2 Å². The molecule has 1 unspecified atom stereocenters. The third kappa shape index (κ3) is 4.36. The first kappa shape index (κ1) is 19.7. The molecule has 1 amide bonds. The molecule has 0 saturated carbocycles. The molecule has 0 radical (unpaired) electrons. The van der Waals surface area contributed by atoms with Gasteiger partial charge in [0.25, 0.3) is 0 Å². The summed E-state index contributed by atoms with van der Waals surface area (Å²) in [5.41, 5.74) is 3.61. The van der Waals surface area contributed by atoms with Gasteiger partial charge in [-0.05, 0) is 24.6 Å². The number of nitrogens with one attached hydrogen (secondary N) is 1. The van der Waals surface area contributed by atoms with E-state index in [1.807, 2.05) is 91.9 Å². The van der Waals surface area contributed by atoms with E-state index in [1.165, 1.54) is 16.4 Å². The van der Waals surface area contributed by atoms with Gasteiger partial charge in [0.2, 0.25) is 11.1 Å². The number of carbonyl (C=O) groups is 1. The van der Waals surface area contributed by atoms with Gasteiger partial charge in [0, 0.05) is 11.3 Å². The van der Waals surface area contributed by atoms with E-state index >= 15 is 0 Å². The van der Waals surface area contributed by atoms with Gasteiger partial charge in [-0.3, -0.25) is 4.79 Å². The highest BCUT2D eigenvalue weighted by atomic mass is 32.2. The van der Waals surface area contributed by atoms with E-state index in [2.05, 4.69) is 15.5 Å². The van der Waals surface area contributed by atoms with Crippen LogP contribution >= 0.6 is 11.8 Å². The molecule has 3 N–H and O–H groups in total. The molecule has 4 rings (SSSR count). The Hall–Kier alpha value is -3.58. The number of amides is 1. The molecule has 1 atom stereocenters. The molecule has 0 bridgehead atoms. The Balaban J connectivity index is 1.62. The van der Waals surface area contributed by atoms with E-state index < -0.39 is 5.25 Å². The van der Waals surface area contributed by atoms with Crippen molar-refractivity contribution in [3.05, 3.63) is 96.1 Å².